The zero-order valence-corrected chi connectivity index (χ0v) is 10.3. The molecule has 1 fully saturated rings. The van der Waals surface area contributed by atoms with Gasteiger partial charge in [0.25, 0.3) is 5.91 Å². The summed E-state index contributed by atoms with van der Waals surface area (Å²) >= 11 is 0. The molecule has 1 saturated carbocycles. The Bertz CT molecular complexity index is 611. The van der Waals surface area contributed by atoms with E-state index in [0.717, 1.165) is 29.4 Å². The molecule has 0 atom stereocenters. The van der Waals surface area contributed by atoms with Crippen LogP contribution in [0.1, 0.15) is 28.9 Å². The Labute approximate surface area is 105 Å². The molecule has 4 heteroatoms. The molecule has 0 aliphatic heterocycles. The summed E-state index contributed by atoms with van der Waals surface area (Å²) in [5.74, 6) is -0.100. The molecule has 3 N–H and O–H groups in total. The number of aryl methyl sites for hydroxylation is 1. The maximum absolute atomic E-state index is 12.3. The Morgan fingerprint density at radius 2 is 2.17 bits per heavy atom. The number of aromatic amines is 1. The lowest BCUT2D eigenvalue weighted by Crippen LogP contribution is -2.39. The monoisotopic (exact) mass is 244 g/mol. The topological polar surface area (TPSA) is 65.1 Å². The lowest BCUT2D eigenvalue weighted by Gasteiger charge is -2.14. The third kappa shape index (κ3) is 1.69. The predicted octanol–water partition coefficient (Wildman–Crippen LogP) is 1.73. The number of aliphatic hydroxyl groups excluding tert-OH is 1. The van der Waals surface area contributed by atoms with Crippen molar-refractivity contribution < 1.29 is 9.90 Å². The minimum atomic E-state index is -0.373. The largest absolute Gasteiger partial charge is 0.394 e. The predicted molar refractivity (Wildman–Crippen MR) is 69.6 cm³/mol. The van der Waals surface area contributed by atoms with Gasteiger partial charge in [0.15, 0.2) is 0 Å². The summed E-state index contributed by atoms with van der Waals surface area (Å²) in [6, 6.07) is 7.76. The van der Waals surface area contributed by atoms with Crippen molar-refractivity contribution in [3.63, 3.8) is 0 Å². The van der Waals surface area contributed by atoms with Crippen molar-refractivity contribution in [2.45, 2.75) is 25.3 Å². The van der Waals surface area contributed by atoms with E-state index < -0.39 is 0 Å². The quantitative estimate of drug-likeness (QED) is 0.770. The Balaban J connectivity index is 1.98. The average molecular weight is 244 g/mol. The second-order valence-corrected chi connectivity index (χ2v) is 5.06. The highest BCUT2D eigenvalue weighted by atomic mass is 16.3. The van der Waals surface area contributed by atoms with E-state index >= 15 is 0 Å². The van der Waals surface area contributed by atoms with Crippen molar-refractivity contribution in [2.24, 2.45) is 0 Å². The van der Waals surface area contributed by atoms with E-state index in [9.17, 15) is 9.90 Å². The molecule has 18 heavy (non-hydrogen) atoms. The minimum Gasteiger partial charge on any atom is -0.394 e. The van der Waals surface area contributed by atoms with Crippen LogP contribution >= 0.6 is 0 Å². The van der Waals surface area contributed by atoms with Gasteiger partial charge in [-0.2, -0.15) is 0 Å². The molecule has 0 unspecified atom stereocenters. The van der Waals surface area contributed by atoms with Crippen molar-refractivity contribution >= 4 is 16.8 Å². The third-order valence-electron chi connectivity index (χ3n) is 3.66. The number of aliphatic hydroxyl groups is 1. The standard InChI is InChI=1S/C14H16N2O2/c1-9-12(10-4-2-3-5-11(10)15-9)13(18)16-14(8-17)6-7-14/h2-5,15,17H,6-8H2,1H3,(H,16,18). The molecule has 0 spiro atoms. The summed E-state index contributed by atoms with van der Waals surface area (Å²) in [5, 5.41) is 13.1. The van der Waals surface area contributed by atoms with E-state index in [0.29, 0.717) is 5.56 Å². The lowest BCUT2D eigenvalue weighted by atomic mass is 10.1. The summed E-state index contributed by atoms with van der Waals surface area (Å²) in [4.78, 5) is 15.5. The highest BCUT2D eigenvalue weighted by molar-refractivity contribution is 6.08. The number of hydrogen-bond acceptors (Lipinski definition) is 2. The van der Waals surface area contributed by atoms with Crippen LogP contribution in [-0.4, -0.2) is 28.1 Å². The summed E-state index contributed by atoms with van der Waals surface area (Å²) in [6.45, 7) is 1.91. The van der Waals surface area contributed by atoms with Crippen LogP contribution in [0.3, 0.4) is 0 Å². The van der Waals surface area contributed by atoms with Crippen LogP contribution < -0.4 is 5.32 Å². The fourth-order valence-electron chi connectivity index (χ4n) is 2.35. The van der Waals surface area contributed by atoms with Gasteiger partial charge in [0.1, 0.15) is 0 Å². The summed E-state index contributed by atoms with van der Waals surface area (Å²) < 4.78 is 0. The Morgan fingerprint density at radius 3 is 2.83 bits per heavy atom. The molecule has 0 saturated heterocycles. The molecule has 3 rings (SSSR count). The second-order valence-electron chi connectivity index (χ2n) is 5.06. The molecule has 1 aromatic heterocycles. The van der Waals surface area contributed by atoms with Gasteiger partial charge in [0.05, 0.1) is 17.7 Å². The zero-order chi connectivity index (χ0) is 12.8. The average Bonchev–Trinajstić information content (AvgIpc) is 3.03. The lowest BCUT2D eigenvalue weighted by molar-refractivity contribution is 0.0908. The first-order valence-electron chi connectivity index (χ1n) is 6.16. The van der Waals surface area contributed by atoms with E-state index in [4.69, 9.17) is 0 Å². The summed E-state index contributed by atoms with van der Waals surface area (Å²) in [7, 11) is 0. The number of aromatic nitrogens is 1. The second kappa shape index (κ2) is 3.85. The van der Waals surface area contributed by atoms with Crippen LogP contribution in [0.25, 0.3) is 10.9 Å². The van der Waals surface area contributed by atoms with E-state index in [1.54, 1.807) is 0 Å². The summed E-state index contributed by atoms with van der Waals surface area (Å²) in [6.07, 6.45) is 1.72. The van der Waals surface area contributed by atoms with Crippen molar-refractivity contribution in [1.82, 2.24) is 10.3 Å². The number of H-pyrrole nitrogens is 1. The highest BCUT2D eigenvalue weighted by Crippen LogP contribution is 2.35. The molecule has 0 bridgehead atoms. The maximum Gasteiger partial charge on any atom is 0.254 e. The van der Waals surface area contributed by atoms with E-state index in [-0.39, 0.29) is 18.1 Å². The molecule has 1 aromatic carbocycles. The molecule has 1 heterocycles. The number of para-hydroxylation sites is 1. The molecular formula is C14H16N2O2. The Kier molecular flexibility index (Phi) is 2.41. The first kappa shape index (κ1) is 11.3. The fourth-order valence-corrected chi connectivity index (χ4v) is 2.35. The van der Waals surface area contributed by atoms with Crippen LogP contribution in [0.15, 0.2) is 24.3 Å². The molecule has 94 valence electrons. The fraction of sp³-hybridized carbons (Fsp3) is 0.357. The van der Waals surface area contributed by atoms with Gasteiger partial charge in [0.2, 0.25) is 0 Å². The molecule has 2 aromatic rings. The number of carbonyl (C=O) groups excluding carboxylic acids is 1. The number of carbonyl (C=O) groups is 1. The number of benzene rings is 1. The van der Waals surface area contributed by atoms with Gasteiger partial charge in [-0.3, -0.25) is 4.79 Å². The number of rotatable bonds is 3. The van der Waals surface area contributed by atoms with Gasteiger partial charge in [-0.1, -0.05) is 18.2 Å². The van der Waals surface area contributed by atoms with Crippen LogP contribution in [0, 0.1) is 6.92 Å². The summed E-state index contributed by atoms with van der Waals surface area (Å²) in [5.41, 5.74) is 2.14. The van der Waals surface area contributed by atoms with Gasteiger partial charge in [-0.15, -0.1) is 0 Å². The smallest absolute Gasteiger partial charge is 0.254 e. The van der Waals surface area contributed by atoms with Gasteiger partial charge in [-0.25, -0.2) is 0 Å². The Morgan fingerprint density at radius 1 is 1.44 bits per heavy atom. The van der Waals surface area contributed by atoms with Gasteiger partial charge >= 0.3 is 0 Å². The van der Waals surface area contributed by atoms with Gasteiger partial charge < -0.3 is 15.4 Å². The normalized spacial score (nSPS) is 16.8. The van der Waals surface area contributed by atoms with Crippen molar-refractivity contribution in [3.05, 3.63) is 35.5 Å². The van der Waals surface area contributed by atoms with E-state index in [1.165, 1.54) is 0 Å². The molecule has 1 amide bonds. The number of hydrogen-bond donors (Lipinski definition) is 3. The first-order chi connectivity index (χ1) is 8.65. The van der Waals surface area contributed by atoms with Crippen LogP contribution in [-0.2, 0) is 0 Å². The van der Waals surface area contributed by atoms with E-state index in [1.807, 2.05) is 31.2 Å². The third-order valence-corrected chi connectivity index (χ3v) is 3.66. The van der Waals surface area contributed by atoms with Crippen LogP contribution in [0.2, 0.25) is 0 Å². The van der Waals surface area contributed by atoms with Gasteiger partial charge in [-0.05, 0) is 25.8 Å². The molecular weight excluding hydrogens is 228 g/mol. The van der Waals surface area contributed by atoms with Crippen LogP contribution in [0.4, 0.5) is 0 Å². The van der Waals surface area contributed by atoms with Crippen molar-refractivity contribution in [2.75, 3.05) is 6.61 Å². The van der Waals surface area contributed by atoms with Crippen molar-refractivity contribution in [1.29, 1.82) is 0 Å². The van der Waals surface area contributed by atoms with Crippen molar-refractivity contribution in [3.8, 4) is 0 Å². The van der Waals surface area contributed by atoms with Crippen LogP contribution in [0.5, 0.6) is 0 Å². The maximum atomic E-state index is 12.3. The molecule has 1 aliphatic rings. The van der Waals surface area contributed by atoms with E-state index in [2.05, 4.69) is 10.3 Å². The molecule has 4 nitrogen and oxygen atoms in total. The minimum absolute atomic E-state index is 0.0140. The first-order valence-corrected chi connectivity index (χ1v) is 6.16. The number of fused-ring (bicyclic) bond motifs is 1. The molecule has 0 radical (unpaired) electrons. The molecule has 1 aliphatic carbocycles. The Hall–Kier alpha value is -1.81. The zero-order valence-electron chi connectivity index (χ0n) is 10.3. The SMILES string of the molecule is Cc1[nH]c2ccccc2c1C(=O)NC1(CO)CC1. The number of amides is 1. The highest BCUT2D eigenvalue weighted by Gasteiger charge is 2.43. The number of nitrogens with one attached hydrogen (secondary N) is 2. The van der Waals surface area contributed by atoms with Gasteiger partial charge in [0, 0.05) is 16.6 Å².